The molecule has 0 spiro atoms. The molecule has 1 rings (SSSR count). The molecule has 0 saturated carbocycles. The van der Waals surface area contributed by atoms with Crippen molar-refractivity contribution in [1.29, 1.82) is 0 Å². The second kappa shape index (κ2) is 3.85. The van der Waals surface area contributed by atoms with Crippen molar-refractivity contribution in [3.8, 4) is 0 Å². The van der Waals surface area contributed by atoms with Gasteiger partial charge in [-0.1, -0.05) is 12.2 Å². The fraction of sp³-hybridized carbons (Fsp3) is 0.700. The molecule has 0 aromatic heterocycles. The molecule has 0 aromatic rings. The lowest BCUT2D eigenvalue weighted by molar-refractivity contribution is -0.122. The van der Waals surface area contributed by atoms with Crippen molar-refractivity contribution >= 4 is 5.78 Å². The van der Waals surface area contributed by atoms with Crippen LogP contribution in [0.4, 0.5) is 0 Å². The van der Waals surface area contributed by atoms with Gasteiger partial charge in [-0.25, -0.2) is 0 Å². The van der Waals surface area contributed by atoms with E-state index < -0.39 is 0 Å². The number of carbonyl (C=O) groups is 1. The van der Waals surface area contributed by atoms with Crippen LogP contribution in [0.2, 0.25) is 0 Å². The third-order valence-corrected chi connectivity index (χ3v) is 2.68. The van der Waals surface area contributed by atoms with Gasteiger partial charge in [-0.15, -0.1) is 0 Å². The molecule has 3 atom stereocenters. The first-order valence-corrected chi connectivity index (χ1v) is 4.54. The molecular weight excluding hydrogens is 150 g/mol. The first-order chi connectivity index (χ1) is 5.63. The molecule has 12 heavy (non-hydrogen) atoms. The monoisotopic (exact) mass is 167 g/mol. The third kappa shape index (κ3) is 1.95. The summed E-state index contributed by atoms with van der Waals surface area (Å²) in [5.74, 6) is 0.796. The van der Waals surface area contributed by atoms with Crippen molar-refractivity contribution in [2.24, 2.45) is 17.6 Å². The van der Waals surface area contributed by atoms with Crippen LogP contribution in [0.5, 0.6) is 0 Å². The summed E-state index contributed by atoms with van der Waals surface area (Å²) in [5.41, 5.74) is 5.81. The Hall–Kier alpha value is -0.630. The number of allylic oxidation sites excluding steroid dienone is 2. The lowest BCUT2D eigenvalue weighted by atomic mass is 9.77. The van der Waals surface area contributed by atoms with Gasteiger partial charge in [0.1, 0.15) is 5.78 Å². The molecule has 3 unspecified atom stereocenters. The third-order valence-electron chi connectivity index (χ3n) is 2.68. The van der Waals surface area contributed by atoms with E-state index in [0.717, 1.165) is 12.8 Å². The number of Topliss-reactive ketones (excluding diaryl/α,β-unsaturated/α-hetero) is 1. The molecule has 0 bridgehead atoms. The Morgan fingerprint density at radius 2 is 2.08 bits per heavy atom. The average molecular weight is 167 g/mol. The van der Waals surface area contributed by atoms with Gasteiger partial charge in [0.25, 0.3) is 0 Å². The zero-order valence-electron chi connectivity index (χ0n) is 7.79. The quantitative estimate of drug-likeness (QED) is 0.633. The zero-order valence-corrected chi connectivity index (χ0v) is 7.79. The maximum atomic E-state index is 11.2. The first kappa shape index (κ1) is 9.46. The maximum absolute atomic E-state index is 11.2. The van der Waals surface area contributed by atoms with E-state index in [1.807, 2.05) is 6.92 Å². The van der Waals surface area contributed by atoms with Gasteiger partial charge < -0.3 is 5.73 Å². The maximum Gasteiger partial charge on any atom is 0.133 e. The molecule has 1 aliphatic rings. The molecule has 0 saturated heterocycles. The van der Waals surface area contributed by atoms with Crippen molar-refractivity contribution in [1.82, 2.24) is 0 Å². The Morgan fingerprint density at radius 1 is 1.50 bits per heavy atom. The Kier molecular flexibility index (Phi) is 3.04. The highest BCUT2D eigenvalue weighted by Gasteiger charge is 2.28. The molecule has 0 fully saturated rings. The standard InChI is InChI=1S/C10H17NO/c1-7(11)9-5-3-4-6-10(9)8(2)12/h3-4,7,9-10H,5-6,11H2,1-2H3. The molecule has 0 radical (unpaired) electrons. The van der Waals surface area contributed by atoms with Gasteiger partial charge in [0.2, 0.25) is 0 Å². The van der Waals surface area contributed by atoms with Gasteiger partial charge in [-0.05, 0) is 32.6 Å². The molecular formula is C10H17NO. The van der Waals surface area contributed by atoms with Crippen LogP contribution in [-0.2, 0) is 4.79 Å². The van der Waals surface area contributed by atoms with Crippen LogP contribution in [-0.4, -0.2) is 11.8 Å². The van der Waals surface area contributed by atoms with E-state index in [1.54, 1.807) is 6.92 Å². The van der Waals surface area contributed by atoms with Crippen LogP contribution in [0.15, 0.2) is 12.2 Å². The second-order valence-electron chi connectivity index (χ2n) is 3.68. The summed E-state index contributed by atoms with van der Waals surface area (Å²) in [5, 5.41) is 0. The number of ketones is 1. The SMILES string of the molecule is CC(=O)C1CC=CCC1C(C)N. The highest BCUT2D eigenvalue weighted by molar-refractivity contribution is 5.79. The van der Waals surface area contributed by atoms with Gasteiger partial charge in [0.15, 0.2) is 0 Å². The van der Waals surface area contributed by atoms with E-state index in [9.17, 15) is 4.79 Å². The Balaban J connectivity index is 2.69. The number of carbonyl (C=O) groups excluding carboxylic acids is 1. The largest absolute Gasteiger partial charge is 0.328 e. The molecule has 2 N–H and O–H groups in total. The zero-order chi connectivity index (χ0) is 9.14. The smallest absolute Gasteiger partial charge is 0.133 e. The van der Waals surface area contributed by atoms with E-state index in [0.29, 0.717) is 5.92 Å². The summed E-state index contributed by atoms with van der Waals surface area (Å²) in [6.45, 7) is 3.65. The minimum Gasteiger partial charge on any atom is -0.328 e. The molecule has 0 heterocycles. The van der Waals surface area contributed by atoms with Crippen LogP contribution in [0.3, 0.4) is 0 Å². The molecule has 68 valence electrons. The van der Waals surface area contributed by atoms with Gasteiger partial charge in [-0.3, -0.25) is 4.79 Å². The fourth-order valence-electron chi connectivity index (χ4n) is 1.88. The number of hydrogen-bond acceptors (Lipinski definition) is 2. The topological polar surface area (TPSA) is 43.1 Å². The minimum atomic E-state index is 0.129. The van der Waals surface area contributed by atoms with Crippen molar-refractivity contribution in [3.05, 3.63) is 12.2 Å². The van der Waals surface area contributed by atoms with E-state index >= 15 is 0 Å². The summed E-state index contributed by atoms with van der Waals surface area (Å²) in [6, 6.07) is 0.129. The van der Waals surface area contributed by atoms with Crippen LogP contribution < -0.4 is 5.73 Å². The van der Waals surface area contributed by atoms with Crippen LogP contribution >= 0.6 is 0 Å². The summed E-state index contributed by atoms with van der Waals surface area (Å²) in [7, 11) is 0. The summed E-state index contributed by atoms with van der Waals surface area (Å²) in [4.78, 5) is 11.2. The van der Waals surface area contributed by atoms with Crippen molar-refractivity contribution in [3.63, 3.8) is 0 Å². The number of nitrogens with two attached hydrogens (primary N) is 1. The Bertz CT molecular complexity index is 196. The van der Waals surface area contributed by atoms with E-state index in [2.05, 4.69) is 12.2 Å². The average Bonchev–Trinajstić information content (AvgIpc) is 2.04. The Morgan fingerprint density at radius 3 is 2.50 bits per heavy atom. The highest BCUT2D eigenvalue weighted by Crippen LogP contribution is 2.28. The van der Waals surface area contributed by atoms with Crippen molar-refractivity contribution < 1.29 is 4.79 Å². The molecule has 1 aliphatic carbocycles. The van der Waals surface area contributed by atoms with E-state index in [4.69, 9.17) is 5.73 Å². The fourth-order valence-corrected chi connectivity index (χ4v) is 1.88. The van der Waals surface area contributed by atoms with Gasteiger partial charge in [0.05, 0.1) is 0 Å². The lowest BCUT2D eigenvalue weighted by Gasteiger charge is -2.29. The molecule has 2 heteroatoms. The molecule has 2 nitrogen and oxygen atoms in total. The molecule has 0 aromatic carbocycles. The molecule has 0 amide bonds. The highest BCUT2D eigenvalue weighted by atomic mass is 16.1. The second-order valence-corrected chi connectivity index (χ2v) is 3.68. The Labute approximate surface area is 73.8 Å². The van der Waals surface area contributed by atoms with Crippen LogP contribution in [0.1, 0.15) is 26.7 Å². The predicted molar refractivity (Wildman–Crippen MR) is 49.7 cm³/mol. The summed E-state index contributed by atoms with van der Waals surface area (Å²) >= 11 is 0. The van der Waals surface area contributed by atoms with E-state index in [-0.39, 0.29) is 17.7 Å². The molecule has 0 aliphatic heterocycles. The predicted octanol–water partition coefficient (Wildman–Crippen LogP) is 1.50. The normalized spacial score (nSPS) is 31.6. The van der Waals surface area contributed by atoms with Crippen molar-refractivity contribution in [2.75, 3.05) is 0 Å². The van der Waals surface area contributed by atoms with Crippen LogP contribution in [0.25, 0.3) is 0 Å². The number of rotatable bonds is 2. The van der Waals surface area contributed by atoms with Gasteiger partial charge in [-0.2, -0.15) is 0 Å². The van der Waals surface area contributed by atoms with Crippen LogP contribution in [0, 0.1) is 11.8 Å². The first-order valence-electron chi connectivity index (χ1n) is 4.54. The number of hydrogen-bond donors (Lipinski definition) is 1. The van der Waals surface area contributed by atoms with Gasteiger partial charge in [0, 0.05) is 12.0 Å². The van der Waals surface area contributed by atoms with Gasteiger partial charge >= 0.3 is 0 Å². The summed E-state index contributed by atoms with van der Waals surface area (Å²) < 4.78 is 0. The van der Waals surface area contributed by atoms with E-state index in [1.165, 1.54) is 0 Å². The minimum absolute atomic E-state index is 0.129. The summed E-state index contributed by atoms with van der Waals surface area (Å²) in [6.07, 6.45) is 6.06. The van der Waals surface area contributed by atoms with Crippen molar-refractivity contribution in [2.45, 2.75) is 32.7 Å². The lowest BCUT2D eigenvalue weighted by Crippen LogP contribution is -2.36.